The topological polar surface area (TPSA) is 54.9 Å². The minimum atomic E-state index is -0.171. The van der Waals surface area contributed by atoms with Gasteiger partial charge in [-0.3, -0.25) is 4.79 Å². The maximum Gasteiger partial charge on any atom is 0.255 e. The molecule has 0 spiro atoms. The van der Waals surface area contributed by atoms with Gasteiger partial charge in [-0.1, -0.05) is 37.6 Å². The van der Waals surface area contributed by atoms with E-state index in [2.05, 4.69) is 15.3 Å². The molecule has 1 N–H and O–H groups in total. The minimum Gasteiger partial charge on any atom is -0.345 e. The van der Waals surface area contributed by atoms with E-state index in [1.54, 1.807) is 6.20 Å². The molecular weight excluding hydrogens is 298 g/mol. The second kappa shape index (κ2) is 6.88. The van der Waals surface area contributed by atoms with E-state index in [1.807, 2.05) is 52.0 Å². The van der Waals surface area contributed by atoms with Gasteiger partial charge >= 0.3 is 0 Å². The molecule has 4 nitrogen and oxygen atoms in total. The van der Waals surface area contributed by atoms with Crippen molar-refractivity contribution in [2.45, 2.75) is 39.7 Å². The van der Waals surface area contributed by atoms with E-state index >= 15 is 0 Å². The van der Waals surface area contributed by atoms with Crippen LogP contribution in [0.3, 0.4) is 0 Å². The maximum atomic E-state index is 12.4. The third kappa shape index (κ3) is 3.83. The zero-order valence-corrected chi connectivity index (χ0v) is 14.0. The molecule has 0 fully saturated rings. The van der Waals surface area contributed by atoms with Crippen molar-refractivity contribution in [3.63, 3.8) is 0 Å². The summed E-state index contributed by atoms with van der Waals surface area (Å²) in [5.41, 5.74) is 2.19. The number of aryl methyl sites for hydroxylation is 1. The number of carbonyl (C=O) groups excluding carboxylic acids is 1. The van der Waals surface area contributed by atoms with Crippen molar-refractivity contribution in [2.24, 2.45) is 0 Å². The number of nitrogens with one attached hydrogen (secondary N) is 1. The van der Waals surface area contributed by atoms with E-state index in [-0.39, 0.29) is 17.9 Å². The smallest absolute Gasteiger partial charge is 0.255 e. The average molecular weight is 318 g/mol. The fourth-order valence-electron chi connectivity index (χ4n) is 2.10. The number of hydrogen-bond donors (Lipinski definition) is 1. The number of benzene rings is 1. The highest BCUT2D eigenvalue weighted by atomic mass is 35.5. The van der Waals surface area contributed by atoms with Crippen molar-refractivity contribution in [1.82, 2.24) is 15.3 Å². The molecule has 0 aliphatic heterocycles. The Kier molecular flexibility index (Phi) is 5.14. The third-order valence-electron chi connectivity index (χ3n) is 3.48. The molecule has 2 aromatic rings. The number of hydrogen-bond acceptors (Lipinski definition) is 3. The van der Waals surface area contributed by atoms with Crippen LogP contribution in [-0.4, -0.2) is 15.9 Å². The van der Waals surface area contributed by atoms with E-state index in [1.165, 1.54) is 0 Å². The van der Waals surface area contributed by atoms with E-state index < -0.39 is 0 Å². The van der Waals surface area contributed by atoms with E-state index in [0.29, 0.717) is 16.3 Å². The van der Waals surface area contributed by atoms with Gasteiger partial charge in [-0.05, 0) is 31.5 Å². The summed E-state index contributed by atoms with van der Waals surface area (Å²) in [6, 6.07) is 7.31. The van der Waals surface area contributed by atoms with Crippen LogP contribution >= 0.6 is 11.6 Å². The summed E-state index contributed by atoms with van der Waals surface area (Å²) in [6.45, 7) is 7.81. The van der Waals surface area contributed by atoms with Crippen LogP contribution in [0.2, 0.25) is 5.02 Å². The summed E-state index contributed by atoms with van der Waals surface area (Å²) in [4.78, 5) is 21.0. The van der Waals surface area contributed by atoms with Gasteiger partial charge < -0.3 is 5.32 Å². The predicted octanol–water partition coefficient (Wildman–Crippen LogP) is 4.05. The summed E-state index contributed by atoms with van der Waals surface area (Å²) in [5, 5.41) is 3.64. The van der Waals surface area contributed by atoms with Gasteiger partial charge in [0.15, 0.2) is 0 Å². The molecular formula is C17H20ClN3O. The number of carbonyl (C=O) groups is 1. The molecule has 1 aromatic carbocycles. The van der Waals surface area contributed by atoms with Gasteiger partial charge in [-0.15, -0.1) is 0 Å². The van der Waals surface area contributed by atoms with Crippen LogP contribution < -0.4 is 5.32 Å². The van der Waals surface area contributed by atoms with E-state index in [9.17, 15) is 4.79 Å². The number of rotatable bonds is 4. The molecule has 1 amide bonds. The van der Waals surface area contributed by atoms with E-state index in [0.717, 1.165) is 11.4 Å². The highest BCUT2D eigenvalue weighted by molar-refractivity contribution is 6.30. The van der Waals surface area contributed by atoms with Crippen molar-refractivity contribution in [1.29, 1.82) is 0 Å². The van der Waals surface area contributed by atoms with Gasteiger partial charge in [0.05, 0.1) is 17.3 Å². The second-order valence-electron chi connectivity index (χ2n) is 5.63. The minimum absolute atomic E-state index is 0.117. The summed E-state index contributed by atoms with van der Waals surface area (Å²) in [6.07, 6.45) is 1.60. The van der Waals surface area contributed by atoms with Crippen LogP contribution in [0.5, 0.6) is 0 Å². The van der Waals surface area contributed by atoms with Crippen LogP contribution in [0.1, 0.15) is 60.2 Å². The third-order valence-corrected chi connectivity index (χ3v) is 3.73. The molecule has 0 aliphatic carbocycles. The molecule has 0 saturated heterocycles. The lowest BCUT2D eigenvalue weighted by Crippen LogP contribution is -2.28. The first-order valence-electron chi connectivity index (χ1n) is 7.28. The molecule has 0 saturated carbocycles. The average Bonchev–Trinajstić information content (AvgIpc) is 2.47. The number of amides is 1. The standard InChI is InChI=1S/C17H20ClN3O/c1-10(2)16-19-9-15(12(4)20-16)17(22)21-11(3)13-5-7-14(18)8-6-13/h5-11H,1-4H3,(H,21,22). The van der Waals surface area contributed by atoms with Crippen molar-refractivity contribution in [3.05, 3.63) is 58.1 Å². The highest BCUT2D eigenvalue weighted by Gasteiger charge is 2.16. The Morgan fingerprint density at radius 1 is 1.18 bits per heavy atom. The van der Waals surface area contributed by atoms with Crippen LogP contribution in [0, 0.1) is 6.92 Å². The molecule has 0 bridgehead atoms. The quantitative estimate of drug-likeness (QED) is 0.925. The highest BCUT2D eigenvalue weighted by Crippen LogP contribution is 2.17. The molecule has 0 aliphatic rings. The predicted molar refractivity (Wildman–Crippen MR) is 88.2 cm³/mol. The Morgan fingerprint density at radius 3 is 2.36 bits per heavy atom. The lowest BCUT2D eigenvalue weighted by atomic mass is 10.1. The second-order valence-corrected chi connectivity index (χ2v) is 6.07. The van der Waals surface area contributed by atoms with Gasteiger partial charge in [0.25, 0.3) is 5.91 Å². The zero-order chi connectivity index (χ0) is 16.3. The largest absolute Gasteiger partial charge is 0.345 e. The van der Waals surface area contributed by atoms with Gasteiger partial charge in [0.2, 0.25) is 0 Å². The Hall–Kier alpha value is -1.94. The summed E-state index contributed by atoms with van der Waals surface area (Å²) in [7, 11) is 0. The van der Waals surface area contributed by atoms with Crippen LogP contribution in [-0.2, 0) is 0 Å². The molecule has 0 radical (unpaired) electrons. The summed E-state index contributed by atoms with van der Waals surface area (Å²) < 4.78 is 0. The molecule has 22 heavy (non-hydrogen) atoms. The van der Waals surface area contributed by atoms with Gasteiger partial charge in [-0.25, -0.2) is 9.97 Å². The molecule has 1 unspecified atom stereocenters. The van der Waals surface area contributed by atoms with Crippen molar-refractivity contribution < 1.29 is 4.79 Å². The van der Waals surface area contributed by atoms with Crippen molar-refractivity contribution in [2.75, 3.05) is 0 Å². The zero-order valence-electron chi connectivity index (χ0n) is 13.2. The van der Waals surface area contributed by atoms with Gasteiger partial charge in [0, 0.05) is 17.1 Å². The molecule has 1 heterocycles. The monoisotopic (exact) mass is 317 g/mol. The molecule has 116 valence electrons. The summed E-state index contributed by atoms with van der Waals surface area (Å²) >= 11 is 5.88. The number of aromatic nitrogens is 2. The Morgan fingerprint density at radius 2 is 1.82 bits per heavy atom. The molecule has 5 heteroatoms. The van der Waals surface area contributed by atoms with Crippen LogP contribution in [0.25, 0.3) is 0 Å². The first-order chi connectivity index (χ1) is 10.4. The maximum absolute atomic E-state index is 12.4. The van der Waals surface area contributed by atoms with Gasteiger partial charge in [0.1, 0.15) is 5.82 Å². The van der Waals surface area contributed by atoms with E-state index in [4.69, 9.17) is 11.6 Å². The fourth-order valence-corrected chi connectivity index (χ4v) is 2.22. The Balaban J connectivity index is 2.13. The lowest BCUT2D eigenvalue weighted by molar-refractivity contribution is 0.0938. The van der Waals surface area contributed by atoms with Gasteiger partial charge in [-0.2, -0.15) is 0 Å². The molecule has 1 atom stereocenters. The SMILES string of the molecule is Cc1nc(C(C)C)ncc1C(=O)NC(C)c1ccc(Cl)cc1. The van der Waals surface area contributed by atoms with Crippen LogP contribution in [0.4, 0.5) is 0 Å². The fraction of sp³-hybridized carbons (Fsp3) is 0.353. The van der Waals surface area contributed by atoms with Crippen LogP contribution in [0.15, 0.2) is 30.5 Å². The Labute approximate surface area is 135 Å². The first-order valence-corrected chi connectivity index (χ1v) is 7.66. The lowest BCUT2D eigenvalue weighted by Gasteiger charge is -2.15. The molecule has 1 aromatic heterocycles. The number of halogens is 1. The first kappa shape index (κ1) is 16.4. The van der Waals surface area contributed by atoms with Crippen molar-refractivity contribution >= 4 is 17.5 Å². The summed E-state index contributed by atoms with van der Waals surface area (Å²) in [5.74, 6) is 0.818. The normalized spacial score (nSPS) is 12.3. The Bertz CT molecular complexity index is 668. The number of nitrogens with zero attached hydrogens (tertiary/aromatic N) is 2. The molecule has 2 rings (SSSR count). The van der Waals surface area contributed by atoms with Crippen molar-refractivity contribution in [3.8, 4) is 0 Å².